The first-order valence-electron chi connectivity index (χ1n) is 1.17. The second-order valence-electron chi connectivity index (χ2n) is 0.389. The zero-order valence-electron chi connectivity index (χ0n) is 3.31. The fourth-order valence-electron chi connectivity index (χ4n) is 0. The fraction of sp³-hybridized carbons (Fsp3) is 0. The van der Waals surface area contributed by atoms with E-state index in [1.54, 1.807) is 0 Å². The van der Waals surface area contributed by atoms with Gasteiger partial charge in [-0.1, -0.05) is 0 Å². The average Bonchev–Trinajstić information content (AvgIpc) is 1.33. The summed E-state index contributed by atoms with van der Waals surface area (Å²) in [7, 11) is -3.67. The van der Waals surface area contributed by atoms with Gasteiger partial charge in [-0.3, -0.25) is 12.9 Å². The topological polar surface area (TPSA) is 36.4 Å². The van der Waals surface area contributed by atoms with Crippen molar-refractivity contribution in [3.8, 4) is 0 Å². The van der Waals surface area contributed by atoms with Crippen LogP contribution in [0.1, 0.15) is 0 Å². The Morgan fingerprint density at radius 2 is 1.43 bits per heavy atom. The Morgan fingerprint density at radius 3 is 1.43 bits per heavy atom. The van der Waals surface area contributed by atoms with Crippen LogP contribution in [0.4, 0.5) is 12.9 Å². The molecule has 0 N–H and O–H groups in total. The van der Waals surface area contributed by atoms with E-state index in [2.05, 4.69) is 11.5 Å². The summed E-state index contributed by atoms with van der Waals surface area (Å²) in [5.74, 6) is 0. The highest BCUT2D eigenvalue weighted by molar-refractivity contribution is 6.33. The van der Waals surface area contributed by atoms with Gasteiger partial charge < -0.3 is 5.53 Å². The number of halogens is 3. The quantitative estimate of drug-likeness (QED) is 0.191. The van der Waals surface area contributed by atoms with Gasteiger partial charge in [0.15, 0.2) is 0 Å². The third-order valence-electron chi connectivity index (χ3n) is 0. The van der Waals surface area contributed by atoms with Gasteiger partial charge in [-0.2, -0.15) is 4.79 Å². The molecule has 0 aliphatic rings. The first kappa shape index (κ1) is 9.53. The Labute approximate surface area is 38.8 Å². The summed E-state index contributed by atoms with van der Waals surface area (Å²) in [5, 5.41) is 0. The summed E-state index contributed by atoms with van der Waals surface area (Å²) in [6, 6.07) is 0. The molecule has 0 aliphatic heterocycles. The van der Waals surface area contributed by atoms with Gasteiger partial charge in [0.1, 0.15) is 0 Å². The maximum Gasteiger partial charge on any atom is 0.762 e. The van der Waals surface area contributed by atoms with Crippen LogP contribution in [0.2, 0.25) is 0 Å². The molecule has 0 aromatic carbocycles. The van der Waals surface area contributed by atoms with Gasteiger partial charge in [0, 0.05) is 0 Å². The normalized spacial score (nSPS) is 5.00. The molecule has 0 rings (SSSR count). The van der Waals surface area contributed by atoms with Gasteiger partial charge in [-0.15, -0.1) is 0 Å². The minimum Gasteiger partial charge on any atom is -0.362 e. The number of hydrogen-bond acceptors (Lipinski definition) is 0. The van der Waals surface area contributed by atoms with Gasteiger partial charge in [0.2, 0.25) is 6.72 Å². The third kappa shape index (κ3) is 93.6. The zero-order chi connectivity index (χ0) is 6.28. The standard InChI is InChI=1S/CH2N2.BF3/c1-3-2;2-1(3)4/h1H2;. The Balaban J connectivity index is 0. The van der Waals surface area contributed by atoms with E-state index in [9.17, 15) is 12.9 Å². The number of hydrogen-bond donors (Lipinski definition) is 0. The van der Waals surface area contributed by atoms with Crippen molar-refractivity contribution in [3.05, 3.63) is 5.53 Å². The molecule has 0 fully saturated rings. The largest absolute Gasteiger partial charge is 0.762 e. The third-order valence-corrected chi connectivity index (χ3v) is 0. The maximum absolute atomic E-state index is 9.67. The molecule has 6 heteroatoms. The van der Waals surface area contributed by atoms with E-state index < -0.39 is 7.54 Å². The van der Waals surface area contributed by atoms with Crippen molar-refractivity contribution >= 4 is 14.3 Å². The first-order valence-corrected chi connectivity index (χ1v) is 1.17. The smallest absolute Gasteiger partial charge is 0.362 e. The molecule has 0 aliphatic carbocycles. The molecule has 0 amide bonds. The van der Waals surface area contributed by atoms with Crippen LogP contribution in [0, 0.1) is 0 Å². The van der Waals surface area contributed by atoms with Crippen molar-refractivity contribution in [3.63, 3.8) is 0 Å². The molecule has 0 saturated heterocycles. The predicted octanol–water partition coefficient (Wildman–Crippen LogP) is 0.797. The van der Waals surface area contributed by atoms with E-state index >= 15 is 0 Å². The molecule has 0 spiro atoms. The van der Waals surface area contributed by atoms with Crippen molar-refractivity contribution in [1.29, 1.82) is 0 Å². The lowest BCUT2D eigenvalue weighted by molar-refractivity contribution is 0.0110. The van der Waals surface area contributed by atoms with Crippen LogP contribution in [0.3, 0.4) is 0 Å². The molecule has 0 heterocycles. The molecule has 0 aromatic rings. The van der Waals surface area contributed by atoms with Crippen LogP contribution in [-0.4, -0.2) is 19.1 Å². The molecular weight excluding hydrogens is 108 g/mol. The first-order chi connectivity index (χ1) is 3.15. The van der Waals surface area contributed by atoms with E-state index in [0.717, 1.165) is 0 Å². The zero-order valence-corrected chi connectivity index (χ0v) is 3.31. The molecule has 7 heavy (non-hydrogen) atoms. The maximum atomic E-state index is 9.67. The van der Waals surface area contributed by atoms with Crippen LogP contribution < -0.4 is 0 Å². The summed E-state index contributed by atoms with van der Waals surface area (Å²) in [6.07, 6.45) is 0. The van der Waals surface area contributed by atoms with Gasteiger partial charge in [0.05, 0.1) is 0 Å². The Hall–Kier alpha value is -0.765. The highest BCUT2D eigenvalue weighted by Gasteiger charge is 2.06. The molecule has 0 saturated carbocycles. The van der Waals surface area contributed by atoms with E-state index in [4.69, 9.17) is 5.53 Å². The highest BCUT2D eigenvalue weighted by Crippen LogP contribution is 1.80. The predicted molar refractivity (Wildman–Crippen MR) is 19.8 cm³/mol. The van der Waals surface area contributed by atoms with Crippen LogP contribution in [-0.2, 0) is 0 Å². The Bertz CT molecular complexity index is 55.2. The van der Waals surface area contributed by atoms with Crippen molar-refractivity contribution in [1.82, 2.24) is 0 Å². The van der Waals surface area contributed by atoms with E-state index in [1.165, 1.54) is 0 Å². The average molecular weight is 110 g/mol. The lowest BCUT2D eigenvalue weighted by Gasteiger charge is -1.55. The molecule has 2 nitrogen and oxygen atoms in total. The summed E-state index contributed by atoms with van der Waals surface area (Å²) in [4.78, 5) is 2.25. The summed E-state index contributed by atoms with van der Waals surface area (Å²) in [5.41, 5.74) is 7.08. The van der Waals surface area contributed by atoms with Gasteiger partial charge in [-0.05, 0) is 0 Å². The highest BCUT2D eigenvalue weighted by atomic mass is 19.4. The minimum atomic E-state index is -3.67. The molecule has 0 radical (unpaired) electrons. The number of rotatable bonds is 0. The second-order valence-corrected chi connectivity index (χ2v) is 0.389. The van der Waals surface area contributed by atoms with Crippen LogP contribution in [0.5, 0.6) is 0 Å². The molecule has 0 bridgehead atoms. The summed E-state index contributed by atoms with van der Waals surface area (Å²) in [6.45, 7) is 2.67. The van der Waals surface area contributed by atoms with Crippen molar-refractivity contribution < 1.29 is 17.7 Å². The lowest BCUT2D eigenvalue weighted by atomic mass is 10.5. The lowest BCUT2D eigenvalue weighted by Crippen LogP contribution is -1.76. The molecule has 0 aromatic heterocycles. The minimum absolute atomic E-state index is 2.25. The van der Waals surface area contributed by atoms with Crippen molar-refractivity contribution in [2.45, 2.75) is 0 Å². The van der Waals surface area contributed by atoms with E-state index in [-0.39, 0.29) is 0 Å². The van der Waals surface area contributed by atoms with Gasteiger partial charge in [0.25, 0.3) is 0 Å². The van der Waals surface area contributed by atoms with Gasteiger partial charge >= 0.3 is 7.54 Å². The Morgan fingerprint density at radius 1 is 1.43 bits per heavy atom. The molecule has 0 unspecified atom stereocenters. The van der Waals surface area contributed by atoms with Crippen molar-refractivity contribution in [2.24, 2.45) is 0 Å². The van der Waals surface area contributed by atoms with Crippen LogP contribution in [0.25, 0.3) is 5.53 Å². The van der Waals surface area contributed by atoms with E-state index in [1.807, 2.05) is 0 Å². The van der Waals surface area contributed by atoms with Gasteiger partial charge in [-0.25, -0.2) is 0 Å². The SMILES string of the molecule is C=[N+]=[N-].FB(F)F. The fourth-order valence-corrected chi connectivity index (χ4v) is 0. The second kappa shape index (κ2) is 8.97. The van der Waals surface area contributed by atoms with Crippen LogP contribution >= 0.6 is 0 Å². The van der Waals surface area contributed by atoms with Crippen molar-refractivity contribution in [2.75, 3.05) is 0 Å². The molecular formula is CH2BF3N2. The van der Waals surface area contributed by atoms with Crippen LogP contribution in [0.15, 0.2) is 0 Å². The monoisotopic (exact) mass is 110 g/mol. The Kier molecular flexibility index (Phi) is 12.2. The van der Waals surface area contributed by atoms with E-state index in [0.29, 0.717) is 0 Å². The summed E-state index contributed by atoms with van der Waals surface area (Å²) < 4.78 is 29.0. The summed E-state index contributed by atoms with van der Waals surface area (Å²) >= 11 is 0. The molecule has 0 atom stereocenters. The molecule has 40 valence electrons. The number of nitrogens with zero attached hydrogens (tertiary/aromatic N) is 2.